The molecule has 100 valence electrons. The van der Waals surface area contributed by atoms with Crippen LogP contribution in [0.2, 0.25) is 5.02 Å². The van der Waals surface area contributed by atoms with Crippen molar-refractivity contribution < 1.29 is 13.2 Å². The molecule has 4 nitrogen and oxygen atoms in total. The van der Waals surface area contributed by atoms with Crippen LogP contribution in [0.3, 0.4) is 0 Å². The molecule has 0 atom stereocenters. The summed E-state index contributed by atoms with van der Waals surface area (Å²) in [5.74, 6) is 0. The first-order valence-electron chi connectivity index (χ1n) is 5.39. The highest BCUT2D eigenvalue weighted by Crippen LogP contribution is 2.13. The maximum atomic E-state index is 11.8. The molecule has 0 unspecified atom stereocenters. The molecule has 18 heavy (non-hydrogen) atoms. The molecular weight excluding hydrogens is 274 g/mol. The van der Waals surface area contributed by atoms with Crippen molar-refractivity contribution in [1.29, 1.82) is 0 Å². The molecule has 0 saturated carbocycles. The van der Waals surface area contributed by atoms with E-state index in [1.165, 1.54) is 24.3 Å². The Hall–Kier alpha value is -0.880. The van der Waals surface area contributed by atoms with Gasteiger partial charge in [0.1, 0.15) is 0 Å². The summed E-state index contributed by atoms with van der Waals surface area (Å²) in [5.41, 5.74) is 0.899. The van der Waals surface area contributed by atoms with Crippen molar-refractivity contribution in [3.05, 3.63) is 41.4 Å². The topological polar surface area (TPSA) is 55.4 Å². The second kappa shape index (κ2) is 6.89. The van der Waals surface area contributed by atoms with Crippen LogP contribution in [0.4, 0.5) is 0 Å². The third-order valence-electron chi connectivity index (χ3n) is 2.01. The number of hydrogen-bond acceptors (Lipinski definition) is 3. The minimum Gasteiger partial charge on any atom is -0.376 e. The Kier molecular flexibility index (Phi) is 5.81. The molecule has 6 heteroatoms. The van der Waals surface area contributed by atoms with Crippen molar-refractivity contribution in [1.82, 2.24) is 4.72 Å². The van der Waals surface area contributed by atoms with Gasteiger partial charge in [-0.05, 0) is 31.2 Å². The summed E-state index contributed by atoms with van der Waals surface area (Å²) in [6, 6.07) is 5.99. The van der Waals surface area contributed by atoms with Gasteiger partial charge in [0.25, 0.3) is 0 Å². The van der Waals surface area contributed by atoms with Crippen molar-refractivity contribution in [3.8, 4) is 0 Å². The quantitative estimate of drug-likeness (QED) is 0.618. The van der Waals surface area contributed by atoms with E-state index in [4.69, 9.17) is 16.3 Å². The van der Waals surface area contributed by atoms with E-state index in [-0.39, 0.29) is 11.4 Å². The van der Waals surface area contributed by atoms with Crippen molar-refractivity contribution in [2.24, 2.45) is 0 Å². The number of nitrogens with one attached hydrogen (secondary N) is 1. The maximum Gasteiger partial charge on any atom is 0.240 e. The zero-order valence-electron chi connectivity index (χ0n) is 10.1. The predicted octanol–water partition coefficient (Wildman–Crippen LogP) is 2.21. The van der Waals surface area contributed by atoms with Crippen LogP contribution in [0.5, 0.6) is 0 Å². The molecule has 0 saturated heterocycles. The molecule has 0 fully saturated rings. The lowest BCUT2D eigenvalue weighted by atomic mass is 10.4. The molecule has 1 aromatic rings. The minimum atomic E-state index is -3.49. The van der Waals surface area contributed by atoms with Gasteiger partial charge in [-0.25, -0.2) is 13.1 Å². The number of rotatable bonds is 7. The fraction of sp³-hybridized carbons (Fsp3) is 0.333. The van der Waals surface area contributed by atoms with E-state index in [9.17, 15) is 8.42 Å². The monoisotopic (exact) mass is 289 g/mol. The summed E-state index contributed by atoms with van der Waals surface area (Å²) in [6.07, 6.45) is 0. The number of ether oxygens (including phenoxy) is 1. The SMILES string of the molecule is C=C(C)COCCNS(=O)(=O)c1ccc(Cl)cc1. The Labute approximate surface area is 113 Å². The number of sulfonamides is 1. The molecule has 0 amide bonds. The lowest BCUT2D eigenvalue weighted by Gasteiger charge is -2.07. The lowest BCUT2D eigenvalue weighted by Crippen LogP contribution is -2.27. The van der Waals surface area contributed by atoms with Crippen molar-refractivity contribution in [2.75, 3.05) is 19.8 Å². The summed E-state index contributed by atoms with van der Waals surface area (Å²) in [5, 5.41) is 0.499. The molecule has 0 aliphatic carbocycles. The van der Waals surface area contributed by atoms with Gasteiger partial charge >= 0.3 is 0 Å². The maximum absolute atomic E-state index is 11.8. The van der Waals surface area contributed by atoms with Gasteiger partial charge in [0, 0.05) is 11.6 Å². The normalized spacial score (nSPS) is 11.4. The first kappa shape index (κ1) is 15.2. The van der Waals surface area contributed by atoms with E-state index >= 15 is 0 Å². The van der Waals surface area contributed by atoms with Gasteiger partial charge in [0.05, 0.1) is 18.1 Å². The largest absolute Gasteiger partial charge is 0.376 e. The lowest BCUT2D eigenvalue weighted by molar-refractivity contribution is 0.162. The summed E-state index contributed by atoms with van der Waals surface area (Å²) in [4.78, 5) is 0.187. The fourth-order valence-electron chi connectivity index (χ4n) is 1.19. The van der Waals surface area contributed by atoms with Crippen LogP contribution < -0.4 is 4.72 Å². The Bertz CT molecular complexity index is 497. The Morgan fingerprint density at radius 2 is 2.00 bits per heavy atom. The van der Waals surface area contributed by atoms with E-state index in [0.717, 1.165) is 5.57 Å². The van der Waals surface area contributed by atoms with Crippen LogP contribution >= 0.6 is 11.6 Å². The average molecular weight is 290 g/mol. The van der Waals surface area contributed by atoms with E-state index in [0.29, 0.717) is 18.2 Å². The van der Waals surface area contributed by atoms with E-state index < -0.39 is 10.0 Å². The second-order valence-corrected chi connectivity index (χ2v) is 6.06. The van der Waals surface area contributed by atoms with Crippen LogP contribution in [0.15, 0.2) is 41.3 Å². The van der Waals surface area contributed by atoms with Gasteiger partial charge in [-0.3, -0.25) is 0 Å². The molecule has 0 aliphatic rings. The molecule has 0 aromatic heterocycles. The average Bonchev–Trinajstić information content (AvgIpc) is 2.28. The third-order valence-corrected chi connectivity index (χ3v) is 3.74. The standard InChI is InChI=1S/C12H16ClNO3S/c1-10(2)9-17-8-7-14-18(15,16)12-5-3-11(13)4-6-12/h3-6,14H,1,7-9H2,2H3. The van der Waals surface area contributed by atoms with Gasteiger partial charge in [-0.2, -0.15) is 0 Å². The predicted molar refractivity (Wildman–Crippen MR) is 72.3 cm³/mol. The highest BCUT2D eigenvalue weighted by molar-refractivity contribution is 7.89. The molecule has 1 aromatic carbocycles. The number of halogens is 1. The molecule has 1 N–H and O–H groups in total. The summed E-state index contributed by atoms with van der Waals surface area (Å²) in [6.45, 7) is 6.49. The first-order valence-corrected chi connectivity index (χ1v) is 7.25. The van der Waals surface area contributed by atoms with E-state index in [1.54, 1.807) is 0 Å². The van der Waals surface area contributed by atoms with Crippen molar-refractivity contribution in [2.45, 2.75) is 11.8 Å². The molecule has 0 radical (unpaired) electrons. The molecule has 0 heterocycles. The Balaban J connectivity index is 2.45. The highest BCUT2D eigenvalue weighted by Gasteiger charge is 2.12. The number of benzene rings is 1. The third kappa shape index (κ3) is 5.18. The van der Waals surface area contributed by atoms with Crippen LogP contribution in [-0.2, 0) is 14.8 Å². The second-order valence-electron chi connectivity index (χ2n) is 3.86. The molecule has 0 bridgehead atoms. The smallest absolute Gasteiger partial charge is 0.240 e. The van der Waals surface area contributed by atoms with Crippen molar-refractivity contribution >= 4 is 21.6 Å². The van der Waals surface area contributed by atoms with Crippen LogP contribution in [0, 0.1) is 0 Å². The van der Waals surface area contributed by atoms with Gasteiger partial charge in [0.15, 0.2) is 0 Å². The van der Waals surface area contributed by atoms with Crippen LogP contribution in [0.25, 0.3) is 0 Å². The van der Waals surface area contributed by atoms with Crippen LogP contribution in [-0.4, -0.2) is 28.2 Å². The molecule has 0 spiro atoms. The highest BCUT2D eigenvalue weighted by atomic mass is 35.5. The fourth-order valence-corrected chi connectivity index (χ4v) is 2.33. The molecular formula is C12H16ClNO3S. The number of hydrogen-bond donors (Lipinski definition) is 1. The summed E-state index contributed by atoms with van der Waals surface area (Å²) >= 11 is 5.69. The van der Waals surface area contributed by atoms with Crippen LogP contribution in [0.1, 0.15) is 6.92 Å². The van der Waals surface area contributed by atoms with E-state index in [2.05, 4.69) is 11.3 Å². The van der Waals surface area contributed by atoms with Gasteiger partial charge in [0.2, 0.25) is 10.0 Å². The minimum absolute atomic E-state index is 0.187. The Morgan fingerprint density at radius 1 is 1.39 bits per heavy atom. The molecule has 1 rings (SSSR count). The van der Waals surface area contributed by atoms with Gasteiger partial charge in [-0.1, -0.05) is 23.8 Å². The van der Waals surface area contributed by atoms with Gasteiger partial charge in [-0.15, -0.1) is 0 Å². The van der Waals surface area contributed by atoms with Gasteiger partial charge < -0.3 is 4.74 Å². The van der Waals surface area contributed by atoms with Crippen molar-refractivity contribution in [3.63, 3.8) is 0 Å². The first-order chi connectivity index (χ1) is 8.42. The Morgan fingerprint density at radius 3 is 2.56 bits per heavy atom. The zero-order chi connectivity index (χ0) is 13.6. The summed E-state index contributed by atoms with van der Waals surface area (Å²) < 4.78 is 31.3. The van der Waals surface area contributed by atoms with E-state index in [1.807, 2.05) is 6.92 Å². The molecule has 0 aliphatic heterocycles. The summed E-state index contributed by atoms with van der Waals surface area (Å²) in [7, 11) is -3.49. The zero-order valence-corrected chi connectivity index (χ0v) is 11.7.